The first-order valence-corrected chi connectivity index (χ1v) is 8.01. The van der Waals surface area contributed by atoms with E-state index in [0.717, 1.165) is 17.9 Å². The average molecular weight is 328 g/mol. The summed E-state index contributed by atoms with van der Waals surface area (Å²) in [6.07, 6.45) is 0.866. The van der Waals surface area contributed by atoms with E-state index in [1.54, 1.807) is 13.2 Å². The van der Waals surface area contributed by atoms with Gasteiger partial charge < -0.3 is 20.5 Å². The highest BCUT2D eigenvalue weighted by atomic mass is 16.5. The Morgan fingerprint density at radius 1 is 1.21 bits per heavy atom. The van der Waals surface area contributed by atoms with Crippen LogP contribution in [-0.4, -0.2) is 37.3 Å². The maximum absolute atomic E-state index is 11.9. The molecule has 2 aromatic rings. The van der Waals surface area contributed by atoms with Gasteiger partial charge >= 0.3 is 0 Å². The maximum Gasteiger partial charge on any atom is 0.251 e. The van der Waals surface area contributed by atoms with Crippen molar-refractivity contribution in [2.45, 2.75) is 19.4 Å². The molecular formula is C19H24N2O3. The third-order valence-corrected chi connectivity index (χ3v) is 3.64. The van der Waals surface area contributed by atoms with Crippen LogP contribution in [0.25, 0.3) is 0 Å². The van der Waals surface area contributed by atoms with E-state index in [-0.39, 0.29) is 25.1 Å². The number of anilines is 1. The molecule has 0 aliphatic heterocycles. The van der Waals surface area contributed by atoms with Crippen LogP contribution in [0.3, 0.4) is 0 Å². The van der Waals surface area contributed by atoms with Crippen LogP contribution < -0.4 is 15.4 Å². The van der Waals surface area contributed by atoms with Crippen molar-refractivity contribution in [3.63, 3.8) is 0 Å². The minimum Gasteiger partial charge on any atom is -0.497 e. The van der Waals surface area contributed by atoms with Crippen molar-refractivity contribution in [1.29, 1.82) is 0 Å². The number of rotatable bonds is 8. The van der Waals surface area contributed by atoms with Crippen molar-refractivity contribution in [3.8, 4) is 5.75 Å². The molecule has 2 rings (SSSR count). The number of ether oxygens (including phenoxy) is 1. The summed E-state index contributed by atoms with van der Waals surface area (Å²) < 4.78 is 5.16. The highest BCUT2D eigenvalue weighted by molar-refractivity contribution is 5.95. The van der Waals surface area contributed by atoms with E-state index in [4.69, 9.17) is 9.84 Å². The van der Waals surface area contributed by atoms with Gasteiger partial charge in [-0.15, -0.1) is 0 Å². The molecule has 1 unspecified atom stereocenters. The van der Waals surface area contributed by atoms with Crippen LogP contribution in [0, 0.1) is 0 Å². The number of amides is 1. The maximum atomic E-state index is 11.9. The third-order valence-electron chi connectivity index (χ3n) is 3.64. The van der Waals surface area contributed by atoms with Crippen molar-refractivity contribution in [1.82, 2.24) is 5.32 Å². The fourth-order valence-electron chi connectivity index (χ4n) is 2.47. The number of nitrogens with one attached hydrogen (secondary N) is 2. The van der Waals surface area contributed by atoms with Crippen molar-refractivity contribution in [2.24, 2.45) is 0 Å². The zero-order chi connectivity index (χ0) is 17.4. The van der Waals surface area contributed by atoms with E-state index in [9.17, 15) is 4.79 Å². The van der Waals surface area contributed by atoms with Gasteiger partial charge in [-0.2, -0.15) is 0 Å². The zero-order valence-corrected chi connectivity index (χ0v) is 14.1. The number of benzene rings is 2. The molecule has 5 heteroatoms. The lowest BCUT2D eigenvalue weighted by atomic mass is 10.1. The van der Waals surface area contributed by atoms with Crippen LogP contribution in [0.4, 0.5) is 5.69 Å². The molecule has 2 aromatic carbocycles. The predicted octanol–water partition coefficient (Wildman–Crippen LogP) is 2.46. The van der Waals surface area contributed by atoms with E-state index < -0.39 is 0 Å². The number of aliphatic hydroxyl groups excluding tert-OH is 1. The van der Waals surface area contributed by atoms with Crippen LogP contribution in [0.5, 0.6) is 5.75 Å². The molecule has 1 amide bonds. The van der Waals surface area contributed by atoms with Crippen LogP contribution in [0.1, 0.15) is 22.8 Å². The SMILES string of the molecule is COc1ccc(CC(C)Nc2cccc(C(=O)NCCO)c2)cc1. The van der Waals surface area contributed by atoms with Gasteiger partial charge in [0.15, 0.2) is 0 Å². The minimum absolute atomic E-state index is 0.0669. The van der Waals surface area contributed by atoms with Gasteiger partial charge in [0, 0.05) is 23.8 Å². The fraction of sp³-hybridized carbons (Fsp3) is 0.316. The van der Waals surface area contributed by atoms with Gasteiger partial charge in [-0.1, -0.05) is 18.2 Å². The zero-order valence-electron chi connectivity index (χ0n) is 14.1. The smallest absolute Gasteiger partial charge is 0.251 e. The molecule has 0 heterocycles. The Morgan fingerprint density at radius 3 is 2.62 bits per heavy atom. The summed E-state index contributed by atoms with van der Waals surface area (Å²) >= 11 is 0. The molecule has 1 atom stereocenters. The second-order valence-electron chi connectivity index (χ2n) is 5.66. The molecule has 0 spiro atoms. The quantitative estimate of drug-likeness (QED) is 0.696. The molecule has 3 N–H and O–H groups in total. The van der Waals surface area contributed by atoms with Crippen molar-refractivity contribution >= 4 is 11.6 Å². The van der Waals surface area contributed by atoms with Gasteiger partial charge in [0.05, 0.1) is 13.7 Å². The Labute approximate surface area is 142 Å². The molecule has 0 bridgehead atoms. The largest absolute Gasteiger partial charge is 0.497 e. The number of carbonyl (C=O) groups is 1. The summed E-state index contributed by atoms with van der Waals surface area (Å²) in [6.45, 7) is 2.29. The first kappa shape index (κ1) is 17.8. The molecule has 24 heavy (non-hydrogen) atoms. The second-order valence-corrected chi connectivity index (χ2v) is 5.66. The number of hydrogen-bond acceptors (Lipinski definition) is 4. The normalized spacial score (nSPS) is 11.6. The Morgan fingerprint density at radius 2 is 1.96 bits per heavy atom. The summed E-state index contributed by atoms with van der Waals surface area (Å²) in [4.78, 5) is 11.9. The molecule has 0 aliphatic rings. The van der Waals surface area contributed by atoms with Gasteiger partial charge in [-0.3, -0.25) is 4.79 Å². The van der Waals surface area contributed by atoms with Crippen molar-refractivity contribution < 1.29 is 14.6 Å². The van der Waals surface area contributed by atoms with Gasteiger partial charge in [-0.25, -0.2) is 0 Å². The number of methoxy groups -OCH3 is 1. The van der Waals surface area contributed by atoms with E-state index >= 15 is 0 Å². The van der Waals surface area contributed by atoms with Gasteiger partial charge in [0.2, 0.25) is 0 Å². The topological polar surface area (TPSA) is 70.6 Å². The second kappa shape index (κ2) is 8.93. The van der Waals surface area contributed by atoms with Crippen LogP contribution in [0.15, 0.2) is 48.5 Å². The van der Waals surface area contributed by atoms with Crippen molar-refractivity contribution in [2.75, 3.05) is 25.6 Å². The lowest BCUT2D eigenvalue weighted by Gasteiger charge is -2.16. The number of hydrogen-bond donors (Lipinski definition) is 3. The van der Waals surface area contributed by atoms with E-state index in [1.807, 2.05) is 30.3 Å². The molecule has 0 fully saturated rings. The van der Waals surface area contributed by atoms with Gasteiger partial charge in [0.25, 0.3) is 5.91 Å². The molecule has 0 aliphatic carbocycles. The summed E-state index contributed by atoms with van der Waals surface area (Å²) in [5.74, 6) is 0.663. The van der Waals surface area contributed by atoms with E-state index in [2.05, 4.69) is 29.7 Å². The lowest BCUT2D eigenvalue weighted by molar-refractivity contribution is 0.0945. The van der Waals surface area contributed by atoms with Crippen LogP contribution in [0.2, 0.25) is 0 Å². The number of carbonyl (C=O) groups excluding carboxylic acids is 1. The lowest BCUT2D eigenvalue weighted by Crippen LogP contribution is -2.26. The molecular weight excluding hydrogens is 304 g/mol. The van der Waals surface area contributed by atoms with E-state index in [0.29, 0.717) is 5.56 Å². The summed E-state index contributed by atoms with van der Waals surface area (Å²) in [7, 11) is 1.66. The van der Waals surface area contributed by atoms with Crippen LogP contribution >= 0.6 is 0 Å². The standard InChI is InChI=1S/C19H24N2O3/c1-14(12-15-6-8-18(24-2)9-7-15)21-17-5-3-4-16(13-17)19(23)20-10-11-22/h3-9,13-14,21-22H,10-12H2,1-2H3,(H,20,23). The fourth-order valence-corrected chi connectivity index (χ4v) is 2.47. The molecule has 0 saturated carbocycles. The van der Waals surface area contributed by atoms with Crippen molar-refractivity contribution in [3.05, 3.63) is 59.7 Å². The molecule has 128 valence electrons. The Kier molecular flexibility index (Phi) is 6.63. The Balaban J connectivity index is 1.95. The third kappa shape index (κ3) is 5.28. The number of aliphatic hydroxyl groups is 1. The predicted molar refractivity (Wildman–Crippen MR) is 95.6 cm³/mol. The Bertz CT molecular complexity index is 656. The molecule has 0 aromatic heterocycles. The Hall–Kier alpha value is -2.53. The first-order valence-electron chi connectivity index (χ1n) is 8.01. The summed E-state index contributed by atoms with van der Waals surface area (Å²) in [5.41, 5.74) is 2.69. The average Bonchev–Trinajstić information content (AvgIpc) is 2.60. The summed E-state index contributed by atoms with van der Waals surface area (Å²) in [5, 5.41) is 14.8. The summed E-state index contributed by atoms with van der Waals surface area (Å²) in [6, 6.07) is 15.6. The van der Waals surface area contributed by atoms with Gasteiger partial charge in [-0.05, 0) is 49.2 Å². The van der Waals surface area contributed by atoms with Gasteiger partial charge in [0.1, 0.15) is 5.75 Å². The molecule has 0 radical (unpaired) electrons. The highest BCUT2D eigenvalue weighted by Gasteiger charge is 2.08. The molecule has 5 nitrogen and oxygen atoms in total. The monoisotopic (exact) mass is 328 g/mol. The van der Waals surface area contributed by atoms with Crippen LogP contribution in [-0.2, 0) is 6.42 Å². The van der Waals surface area contributed by atoms with E-state index in [1.165, 1.54) is 5.56 Å². The first-order chi connectivity index (χ1) is 11.6. The highest BCUT2D eigenvalue weighted by Crippen LogP contribution is 2.16. The minimum atomic E-state index is -0.185. The molecule has 0 saturated heterocycles.